The number of amides is 1. The summed E-state index contributed by atoms with van der Waals surface area (Å²) in [4.78, 5) is 13.2. The number of aliphatic hydroxyl groups is 1. The molecule has 0 saturated carbocycles. The molecule has 1 atom stereocenters. The number of carbonyl (C=O) groups excluding carboxylic acids is 1. The van der Waals surface area contributed by atoms with Gasteiger partial charge in [-0.1, -0.05) is 0 Å². The van der Waals surface area contributed by atoms with Crippen LogP contribution >= 0.6 is 0 Å². The molecule has 5 heteroatoms. The molecular formula is C10H13N3O2. The van der Waals surface area contributed by atoms with Crippen molar-refractivity contribution in [1.82, 2.24) is 15.1 Å². The second kappa shape index (κ2) is 4.35. The molecule has 1 aromatic heterocycles. The molecule has 1 amide bonds. The fraction of sp³-hybridized carbons (Fsp3) is 0.500. The predicted molar refractivity (Wildman–Crippen MR) is 52.6 cm³/mol. The van der Waals surface area contributed by atoms with E-state index < -0.39 is 0 Å². The van der Waals surface area contributed by atoms with E-state index in [0.29, 0.717) is 19.5 Å². The Morgan fingerprint density at radius 1 is 1.60 bits per heavy atom. The van der Waals surface area contributed by atoms with Crippen molar-refractivity contribution in [3.05, 3.63) is 24.0 Å². The fourth-order valence-electron chi connectivity index (χ4n) is 1.74. The van der Waals surface area contributed by atoms with E-state index in [2.05, 4.69) is 10.2 Å². The minimum absolute atomic E-state index is 0.0721. The first-order valence-electron chi connectivity index (χ1n) is 4.95. The smallest absolute Gasteiger partial charge is 0.223 e. The van der Waals surface area contributed by atoms with E-state index >= 15 is 0 Å². The third-order valence-corrected chi connectivity index (χ3v) is 2.53. The molecule has 2 heterocycles. The molecule has 1 aromatic rings. The molecule has 0 bridgehead atoms. The molecule has 15 heavy (non-hydrogen) atoms. The normalized spacial score (nSPS) is 21.0. The van der Waals surface area contributed by atoms with E-state index in [1.54, 1.807) is 17.2 Å². The zero-order valence-electron chi connectivity index (χ0n) is 8.33. The van der Waals surface area contributed by atoms with Crippen molar-refractivity contribution in [2.24, 2.45) is 5.92 Å². The van der Waals surface area contributed by atoms with Gasteiger partial charge in [0.1, 0.15) is 0 Å². The second-order valence-electron chi connectivity index (χ2n) is 3.74. The van der Waals surface area contributed by atoms with Crippen molar-refractivity contribution in [3.8, 4) is 0 Å². The minimum atomic E-state index is 0.0721. The zero-order chi connectivity index (χ0) is 10.7. The van der Waals surface area contributed by atoms with Crippen molar-refractivity contribution in [2.75, 3.05) is 13.2 Å². The van der Waals surface area contributed by atoms with Gasteiger partial charge in [-0.15, -0.1) is 0 Å². The van der Waals surface area contributed by atoms with Gasteiger partial charge in [-0.05, 0) is 12.1 Å². The fourth-order valence-corrected chi connectivity index (χ4v) is 1.74. The van der Waals surface area contributed by atoms with E-state index in [1.165, 1.54) is 0 Å². The number of aliphatic hydroxyl groups excluding tert-OH is 1. The van der Waals surface area contributed by atoms with Crippen molar-refractivity contribution in [1.29, 1.82) is 0 Å². The van der Waals surface area contributed by atoms with E-state index in [1.807, 2.05) is 6.07 Å². The summed E-state index contributed by atoms with van der Waals surface area (Å²) < 4.78 is 0. The van der Waals surface area contributed by atoms with E-state index in [0.717, 1.165) is 5.69 Å². The van der Waals surface area contributed by atoms with Crippen LogP contribution in [-0.4, -0.2) is 39.3 Å². The molecule has 0 aliphatic carbocycles. The van der Waals surface area contributed by atoms with Gasteiger partial charge in [0.15, 0.2) is 0 Å². The maximum Gasteiger partial charge on any atom is 0.223 e. The van der Waals surface area contributed by atoms with Gasteiger partial charge in [0.25, 0.3) is 0 Å². The molecule has 80 valence electrons. The molecule has 1 N–H and O–H groups in total. The van der Waals surface area contributed by atoms with Gasteiger partial charge in [0.05, 0.1) is 12.2 Å². The van der Waals surface area contributed by atoms with Gasteiger partial charge in [0.2, 0.25) is 5.91 Å². The summed E-state index contributed by atoms with van der Waals surface area (Å²) in [6, 6.07) is 3.64. The van der Waals surface area contributed by atoms with Gasteiger partial charge < -0.3 is 10.0 Å². The highest BCUT2D eigenvalue weighted by atomic mass is 16.3. The first-order valence-corrected chi connectivity index (χ1v) is 4.95. The molecule has 5 nitrogen and oxygen atoms in total. The first kappa shape index (κ1) is 10.0. The van der Waals surface area contributed by atoms with Crippen LogP contribution in [0.25, 0.3) is 0 Å². The van der Waals surface area contributed by atoms with E-state index in [-0.39, 0.29) is 18.4 Å². The van der Waals surface area contributed by atoms with Gasteiger partial charge in [0, 0.05) is 31.7 Å². The molecule has 2 rings (SSSR count). The van der Waals surface area contributed by atoms with Crippen LogP contribution in [0.15, 0.2) is 18.3 Å². The molecule has 0 aromatic carbocycles. The largest absolute Gasteiger partial charge is 0.396 e. The Kier molecular flexibility index (Phi) is 2.91. The van der Waals surface area contributed by atoms with Gasteiger partial charge in [-0.2, -0.15) is 10.2 Å². The number of nitrogens with zero attached hydrogens (tertiary/aromatic N) is 3. The average molecular weight is 207 g/mol. The lowest BCUT2D eigenvalue weighted by Gasteiger charge is -2.14. The number of likely N-dealkylation sites (tertiary alicyclic amines) is 1. The highest BCUT2D eigenvalue weighted by Gasteiger charge is 2.28. The summed E-state index contributed by atoms with van der Waals surface area (Å²) in [5.41, 5.74) is 0.782. The Hall–Kier alpha value is -1.49. The van der Waals surface area contributed by atoms with Crippen LogP contribution in [0.4, 0.5) is 0 Å². The Morgan fingerprint density at radius 3 is 3.07 bits per heavy atom. The molecule has 1 aliphatic rings. The predicted octanol–water partition coefficient (Wildman–Crippen LogP) is -0.183. The Balaban J connectivity index is 1.99. The quantitative estimate of drug-likeness (QED) is 0.746. The SMILES string of the molecule is O=C1CC(CO)CN1Cc1cccnn1. The Morgan fingerprint density at radius 2 is 2.47 bits per heavy atom. The second-order valence-corrected chi connectivity index (χ2v) is 3.74. The van der Waals surface area contributed by atoms with Crippen LogP contribution in [-0.2, 0) is 11.3 Å². The highest BCUT2D eigenvalue weighted by Crippen LogP contribution is 2.18. The standard InChI is InChI=1S/C10H13N3O2/c14-7-8-4-10(15)13(5-8)6-9-2-1-3-11-12-9/h1-3,8,14H,4-7H2. The van der Waals surface area contributed by atoms with E-state index in [9.17, 15) is 4.79 Å². The lowest BCUT2D eigenvalue weighted by Crippen LogP contribution is -2.25. The Bertz CT molecular complexity index is 342. The molecule has 1 saturated heterocycles. The van der Waals surface area contributed by atoms with Crippen LogP contribution in [0.3, 0.4) is 0 Å². The maximum atomic E-state index is 11.5. The van der Waals surface area contributed by atoms with Crippen molar-refractivity contribution in [2.45, 2.75) is 13.0 Å². The molecule has 0 spiro atoms. The summed E-state index contributed by atoms with van der Waals surface area (Å²) in [5.74, 6) is 0.161. The van der Waals surface area contributed by atoms with Crippen LogP contribution in [0, 0.1) is 5.92 Å². The monoisotopic (exact) mass is 207 g/mol. The van der Waals surface area contributed by atoms with Crippen LogP contribution in [0.5, 0.6) is 0 Å². The van der Waals surface area contributed by atoms with E-state index in [4.69, 9.17) is 5.11 Å². The molecule has 1 fully saturated rings. The first-order chi connectivity index (χ1) is 7.29. The topological polar surface area (TPSA) is 66.3 Å². The van der Waals surface area contributed by atoms with Crippen LogP contribution in [0.2, 0.25) is 0 Å². The molecule has 0 radical (unpaired) electrons. The number of aromatic nitrogens is 2. The molecular weight excluding hydrogens is 194 g/mol. The van der Waals surface area contributed by atoms with Crippen molar-refractivity contribution >= 4 is 5.91 Å². The lowest BCUT2D eigenvalue weighted by molar-refractivity contribution is -0.128. The minimum Gasteiger partial charge on any atom is -0.396 e. The molecule has 1 unspecified atom stereocenters. The average Bonchev–Trinajstić information content (AvgIpc) is 2.61. The van der Waals surface area contributed by atoms with Gasteiger partial charge in [-0.3, -0.25) is 4.79 Å². The lowest BCUT2D eigenvalue weighted by atomic mass is 10.1. The summed E-state index contributed by atoms with van der Waals surface area (Å²) in [6.07, 6.45) is 2.04. The third kappa shape index (κ3) is 2.30. The summed E-state index contributed by atoms with van der Waals surface area (Å²) in [7, 11) is 0. The summed E-state index contributed by atoms with van der Waals surface area (Å²) in [6.45, 7) is 1.18. The summed E-state index contributed by atoms with van der Waals surface area (Å²) >= 11 is 0. The molecule has 1 aliphatic heterocycles. The van der Waals surface area contributed by atoms with Crippen molar-refractivity contribution in [3.63, 3.8) is 0 Å². The van der Waals surface area contributed by atoms with Crippen molar-refractivity contribution < 1.29 is 9.90 Å². The Labute approximate surface area is 87.7 Å². The van der Waals surface area contributed by atoms with Gasteiger partial charge >= 0.3 is 0 Å². The summed E-state index contributed by atoms with van der Waals surface area (Å²) in [5, 5.41) is 16.6. The zero-order valence-corrected chi connectivity index (χ0v) is 8.33. The highest BCUT2D eigenvalue weighted by molar-refractivity contribution is 5.78. The van der Waals surface area contributed by atoms with Gasteiger partial charge in [-0.25, -0.2) is 0 Å². The number of hydrogen-bond donors (Lipinski definition) is 1. The third-order valence-electron chi connectivity index (χ3n) is 2.53. The van der Waals surface area contributed by atoms with Crippen LogP contribution in [0.1, 0.15) is 12.1 Å². The number of rotatable bonds is 3. The van der Waals surface area contributed by atoms with Crippen LogP contribution < -0.4 is 0 Å². The maximum absolute atomic E-state index is 11.5. The number of carbonyl (C=O) groups is 1. The number of hydrogen-bond acceptors (Lipinski definition) is 4.